The average Bonchev–Trinajstić information content (AvgIpc) is 2.40. The molecule has 0 spiro atoms. The molecule has 2 N–H and O–H groups in total. The molecule has 0 fully saturated rings. The van der Waals surface area contributed by atoms with Gasteiger partial charge in [0.1, 0.15) is 0 Å². The van der Waals surface area contributed by atoms with Gasteiger partial charge in [0.25, 0.3) is 0 Å². The van der Waals surface area contributed by atoms with Crippen molar-refractivity contribution in [2.75, 3.05) is 20.2 Å². The second-order valence-corrected chi connectivity index (χ2v) is 6.57. The highest BCUT2D eigenvalue weighted by Gasteiger charge is 2.28. The summed E-state index contributed by atoms with van der Waals surface area (Å²) in [4.78, 5) is 12.9. The first-order valence-corrected chi connectivity index (χ1v) is 7.47. The Morgan fingerprint density at radius 1 is 1.29 bits per heavy atom. The lowest BCUT2D eigenvalue weighted by atomic mass is 9.82. The van der Waals surface area contributed by atoms with E-state index >= 15 is 0 Å². The lowest BCUT2D eigenvalue weighted by Gasteiger charge is -2.38. The number of likely N-dealkylation sites (N-methyl/N-ethyl adjacent to an activating group) is 1. The maximum absolute atomic E-state index is 10.6. The molecule has 0 aliphatic carbocycles. The summed E-state index contributed by atoms with van der Waals surface area (Å²) in [7, 11) is 2.13. The summed E-state index contributed by atoms with van der Waals surface area (Å²) < 4.78 is 4.79. The molecule has 0 aromatic heterocycles. The Balaban J connectivity index is 2.59. The van der Waals surface area contributed by atoms with Gasteiger partial charge in [0, 0.05) is 12.6 Å². The van der Waals surface area contributed by atoms with E-state index in [9.17, 15) is 4.79 Å². The van der Waals surface area contributed by atoms with Gasteiger partial charge in [-0.2, -0.15) is 0 Å². The Kier molecular flexibility index (Phi) is 6.69. The fraction of sp³-hybridized carbons (Fsp3) is 0.588. The molecule has 0 saturated carbocycles. The summed E-state index contributed by atoms with van der Waals surface area (Å²) in [5, 5.41) is 0. The summed E-state index contributed by atoms with van der Waals surface area (Å²) in [6, 6.07) is 11.0. The summed E-state index contributed by atoms with van der Waals surface area (Å²) in [5.74, 6) is 0. The van der Waals surface area contributed by atoms with E-state index in [1.54, 1.807) is 0 Å². The number of primary amides is 1. The molecule has 4 nitrogen and oxygen atoms in total. The molecule has 1 rings (SSSR count). The van der Waals surface area contributed by atoms with Gasteiger partial charge in [-0.05, 0) is 30.9 Å². The SMILES string of the molecule is CN(CCCOC(N)=O)C(Cc1ccccc1)C(C)(C)C. The van der Waals surface area contributed by atoms with Crippen molar-refractivity contribution in [2.45, 2.75) is 39.7 Å². The minimum Gasteiger partial charge on any atom is -0.450 e. The van der Waals surface area contributed by atoms with Gasteiger partial charge in [-0.25, -0.2) is 4.79 Å². The van der Waals surface area contributed by atoms with Crippen LogP contribution in [0.4, 0.5) is 4.79 Å². The molecule has 0 heterocycles. The number of ether oxygens (including phenoxy) is 1. The molecular formula is C17H28N2O2. The van der Waals surface area contributed by atoms with Crippen LogP contribution >= 0.6 is 0 Å². The van der Waals surface area contributed by atoms with Crippen molar-refractivity contribution in [3.8, 4) is 0 Å². The zero-order valence-electron chi connectivity index (χ0n) is 13.6. The van der Waals surface area contributed by atoms with E-state index in [1.165, 1.54) is 5.56 Å². The fourth-order valence-corrected chi connectivity index (χ4v) is 2.60. The van der Waals surface area contributed by atoms with Gasteiger partial charge in [-0.15, -0.1) is 0 Å². The summed E-state index contributed by atoms with van der Waals surface area (Å²) in [6.45, 7) is 8.04. The van der Waals surface area contributed by atoms with Gasteiger partial charge in [0.15, 0.2) is 0 Å². The van der Waals surface area contributed by atoms with Crippen molar-refractivity contribution in [1.82, 2.24) is 4.90 Å². The highest BCUT2D eigenvalue weighted by atomic mass is 16.5. The average molecular weight is 292 g/mol. The van der Waals surface area contributed by atoms with Gasteiger partial charge in [-0.1, -0.05) is 51.1 Å². The summed E-state index contributed by atoms with van der Waals surface area (Å²) in [6.07, 6.45) is 1.10. The number of nitrogens with two attached hydrogens (primary N) is 1. The summed E-state index contributed by atoms with van der Waals surface area (Å²) in [5.41, 5.74) is 6.49. The highest BCUT2D eigenvalue weighted by Crippen LogP contribution is 2.26. The van der Waals surface area contributed by atoms with Crippen LogP contribution in [-0.2, 0) is 11.2 Å². The van der Waals surface area contributed by atoms with Crippen LogP contribution in [0.25, 0.3) is 0 Å². The molecule has 1 unspecified atom stereocenters. The number of benzene rings is 1. The first kappa shape index (κ1) is 17.5. The molecule has 1 aromatic carbocycles. The van der Waals surface area contributed by atoms with Crippen molar-refractivity contribution < 1.29 is 9.53 Å². The zero-order chi connectivity index (χ0) is 15.9. The second-order valence-electron chi connectivity index (χ2n) is 6.57. The third-order valence-electron chi connectivity index (χ3n) is 3.70. The number of carbonyl (C=O) groups excluding carboxylic acids is 1. The number of amides is 1. The number of rotatable bonds is 7. The molecule has 0 bridgehead atoms. The van der Waals surface area contributed by atoms with Gasteiger partial charge < -0.3 is 15.4 Å². The maximum Gasteiger partial charge on any atom is 0.404 e. The van der Waals surface area contributed by atoms with Gasteiger partial charge >= 0.3 is 6.09 Å². The van der Waals surface area contributed by atoms with Crippen LogP contribution in [0, 0.1) is 5.41 Å². The number of hydrogen-bond donors (Lipinski definition) is 1. The molecule has 118 valence electrons. The topological polar surface area (TPSA) is 55.6 Å². The van der Waals surface area contributed by atoms with Crippen LogP contribution in [-0.4, -0.2) is 37.2 Å². The molecule has 1 amide bonds. The van der Waals surface area contributed by atoms with Gasteiger partial charge in [0.2, 0.25) is 0 Å². The van der Waals surface area contributed by atoms with E-state index in [-0.39, 0.29) is 5.41 Å². The van der Waals surface area contributed by atoms with Gasteiger partial charge in [0.05, 0.1) is 6.61 Å². The van der Waals surface area contributed by atoms with E-state index in [1.807, 2.05) is 6.07 Å². The maximum atomic E-state index is 10.6. The normalized spacial score (nSPS) is 13.2. The first-order valence-electron chi connectivity index (χ1n) is 7.47. The van der Waals surface area contributed by atoms with E-state index in [0.717, 1.165) is 19.4 Å². The Bertz CT molecular complexity index is 426. The van der Waals surface area contributed by atoms with E-state index in [0.29, 0.717) is 12.6 Å². The molecule has 4 heteroatoms. The minimum atomic E-state index is -0.700. The van der Waals surface area contributed by atoms with E-state index in [2.05, 4.69) is 57.0 Å². The Morgan fingerprint density at radius 3 is 2.43 bits per heavy atom. The predicted molar refractivity (Wildman–Crippen MR) is 86.2 cm³/mol. The van der Waals surface area contributed by atoms with Crippen molar-refractivity contribution in [3.63, 3.8) is 0 Å². The molecular weight excluding hydrogens is 264 g/mol. The van der Waals surface area contributed by atoms with Crippen LogP contribution in [0.3, 0.4) is 0 Å². The lowest BCUT2D eigenvalue weighted by Crippen LogP contribution is -2.44. The molecule has 1 aromatic rings. The largest absolute Gasteiger partial charge is 0.450 e. The van der Waals surface area contributed by atoms with Crippen molar-refractivity contribution in [1.29, 1.82) is 0 Å². The highest BCUT2D eigenvalue weighted by molar-refractivity contribution is 5.64. The Morgan fingerprint density at radius 2 is 1.90 bits per heavy atom. The molecule has 1 atom stereocenters. The standard InChI is InChI=1S/C17H28N2O2/c1-17(2,3)15(13-14-9-6-5-7-10-14)19(4)11-8-12-21-16(18)20/h5-7,9-10,15H,8,11-13H2,1-4H3,(H2,18,20). The van der Waals surface area contributed by atoms with Crippen LogP contribution in [0.15, 0.2) is 30.3 Å². The van der Waals surface area contributed by atoms with Crippen molar-refractivity contribution in [3.05, 3.63) is 35.9 Å². The van der Waals surface area contributed by atoms with Crippen LogP contribution in [0.5, 0.6) is 0 Å². The van der Waals surface area contributed by atoms with Crippen LogP contribution in [0.2, 0.25) is 0 Å². The number of nitrogens with zero attached hydrogens (tertiary/aromatic N) is 1. The monoisotopic (exact) mass is 292 g/mol. The Labute approximate surface area is 128 Å². The third-order valence-corrected chi connectivity index (χ3v) is 3.70. The number of hydrogen-bond acceptors (Lipinski definition) is 3. The van der Waals surface area contributed by atoms with E-state index < -0.39 is 6.09 Å². The van der Waals surface area contributed by atoms with Crippen LogP contribution in [0.1, 0.15) is 32.8 Å². The Hall–Kier alpha value is -1.55. The van der Waals surface area contributed by atoms with Crippen molar-refractivity contribution >= 4 is 6.09 Å². The lowest BCUT2D eigenvalue weighted by molar-refractivity contribution is 0.109. The molecule has 0 aliphatic rings. The predicted octanol–water partition coefficient (Wildman–Crippen LogP) is 3.06. The zero-order valence-corrected chi connectivity index (χ0v) is 13.6. The molecule has 0 radical (unpaired) electrons. The van der Waals surface area contributed by atoms with Crippen molar-refractivity contribution in [2.24, 2.45) is 11.1 Å². The number of carbonyl (C=O) groups is 1. The minimum absolute atomic E-state index is 0.176. The second kappa shape index (κ2) is 8.03. The first-order chi connectivity index (χ1) is 9.80. The third kappa shape index (κ3) is 6.63. The van der Waals surface area contributed by atoms with Gasteiger partial charge in [-0.3, -0.25) is 0 Å². The fourth-order valence-electron chi connectivity index (χ4n) is 2.60. The van der Waals surface area contributed by atoms with E-state index in [4.69, 9.17) is 10.5 Å². The van der Waals surface area contributed by atoms with Crippen LogP contribution < -0.4 is 5.73 Å². The molecule has 21 heavy (non-hydrogen) atoms. The molecule has 0 aliphatic heterocycles. The summed E-state index contributed by atoms with van der Waals surface area (Å²) >= 11 is 0. The quantitative estimate of drug-likeness (QED) is 0.786. The smallest absolute Gasteiger partial charge is 0.404 e. The molecule has 0 saturated heterocycles.